The maximum absolute atomic E-state index is 13.1. The third-order valence-electron chi connectivity index (χ3n) is 5.17. The fourth-order valence-electron chi connectivity index (χ4n) is 4.06. The van der Waals surface area contributed by atoms with Crippen LogP contribution in [0.5, 0.6) is 0 Å². The van der Waals surface area contributed by atoms with E-state index in [9.17, 15) is 14.0 Å². The molecule has 130 valence electrons. The van der Waals surface area contributed by atoms with Crippen LogP contribution in [0, 0.1) is 18.2 Å². The number of likely N-dealkylation sites (tertiary alicyclic amines) is 2. The second kappa shape index (κ2) is 5.52. The van der Waals surface area contributed by atoms with Crippen molar-refractivity contribution in [2.45, 2.75) is 6.92 Å². The molecule has 0 bridgehead atoms. The number of carbonyl (C=O) groups excluding carboxylic acids is 1. The van der Waals surface area contributed by atoms with Gasteiger partial charge in [-0.25, -0.2) is 4.39 Å². The molecule has 5 nitrogen and oxygen atoms in total. The van der Waals surface area contributed by atoms with Crippen LogP contribution in [0.1, 0.15) is 15.9 Å². The van der Waals surface area contributed by atoms with Crippen LogP contribution in [0.2, 0.25) is 0 Å². The molecule has 1 amide bonds. The van der Waals surface area contributed by atoms with Crippen molar-refractivity contribution < 1.29 is 9.18 Å². The van der Waals surface area contributed by atoms with Crippen molar-refractivity contribution >= 4 is 5.91 Å². The van der Waals surface area contributed by atoms with Gasteiger partial charge in [-0.2, -0.15) is 0 Å². The standard InChI is InChI=1S/C19H20FN3O2/c1-13-7-8-23(15-5-3-14(20)4-6-15)18(25)16(13)17(24)22-11-19(12-22)9-21(2)10-19/h3-8H,9-12H2,1-2H3. The molecule has 2 aliphatic rings. The summed E-state index contributed by atoms with van der Waals surface area (Å²) < 4.78 is 14.5. The van der Waals surface area contributed by atoms with Gasteiger partial charge in [-0.05, 0) is 49.9 Å². The van der Waals surface area contributed by atoms with E-state index in [1.54, 1.807) is 24.1 Å². The van der Waals surface area contributed by atoms with Gasteiger partial charge in [0.25, 0.3) is 11.5 Å². The van der Waals surface area contributed by atoms with E-state index in [1.165, 1.54) is 28.8 Å². The van der Waals surface area contributed by atoms with Crippen LogP contribution >= 0.6 is 0 Å². The van der Waals surface area contributed by atoms with Crippen LogP contribution in [0.4, 0.5) is 4.39 Å². The van der Waals surface area contributed by atoms with E-state index in [0.717, 1.165) is 13.1 Å². The second-order valence-corrected chi connectivity index (χ2v) is 7.36. The third-order valence-corrected chi connectivity index (χ3v) is 5.17. The molecule has 1 aromatic heterocycles. The Morgan fingerprint density at radius 1 is 1.08 bits per heavy atom. The SMILES string of the molecule is Cc1ccn(-c2ccc(F)cc2)c(=O)c1C(=O)N1CC2(CN(C)C2)C1. The number of aryl methyl sites for hydroxylation is 1. The molecular formula is C19H20FN3O2. The molecule has 0 N–H and O–H groups in total. The van der Waals surface area contributed by atoms with Crippen molar-refractivity contribution in [2.75, 3.05) is 33.2 Å². The summed E-state index contributed by atoms with van der Waals surface area (Å²) in [6, 6.07) is 7.42. The summed E-state index contributed by atoms with van der Waals surface area (Å²) >= 11 is 0. The smallest absolute Gasteiger partial charge is 0.268 e. The van der Waals surface area contributed by atoms with Gasteiger partial charge < -0.3 is 9.80 Å². The first-order valence-corrected chi connectivity index (χ1v) is 8.35. The zero-order chi connectivity index (χ0) is 17.8. The number of benzene rings is 1. The highest BCUT2D eigenvalue weighted by atomic mass is 19.1. The molecule has 3 heterocycles. The number of pyridine rings is 1. The lowest BCUT2D eigenvalue weighted by Gasteiger charge is -2.59. The first kappa shape index (κ1) is 16.0. The number of carbonyl (C=O) groups is 1. The minimum atomic E-state index is -0.364. The Labute approximate surface area is 145 Å². The topological polar surface area (TPSA) is 45.6 Å². The van der Waals surface area contributed by atoms with Gasteiger partial charge in [-0.3, -0.25) is 14.2 Å². The Hall–Kier alpha value is -2.47. The summed E-state index contributed by atoms with van der Waals surface area (Å²) in [4.78, 5) is 29.7. The second-order valence-electron chi connectivity index (χ2n) is 7.36. The molecule has 1 spiro atoms. The summed E-state index contributed by atoms with van der Waals surface area (Å²) in [6.07, 6.45) is 1.63. The minimum absolute atomic E-state index is 0.203. The van der Waals surface area contributed by atoms with Crippen molar-refractivity contribution in [3.63, 3.8) is 0 Å². The molecule has 25 heavy (non-hydrogen) atoms. The molecule has 0 atom stereocenters. The molecular weight excluding hydrogens is 321 g/mol. The molecule has 2 aromatic rings. The minimum Gasteiger partial charge on any atom is -0.337 e. The van der Waals surface area contributed by atoms with Gasteiger partial charge in [0.05, 0.1) is 0 Å². The zero-order valence-electron chi connectivity index (χ0n) is 14.3. The number of rotatable bonds is 2. The van der Waals surface area contributed by atoms with Gasteiger partial charge in [0.2, 0.25) is 0 Å². The molecule has 1 aromatic carbocycles. The number of amides is 1. The van der Waals surface area contributed by atoms with Crippen LogP contribution in [-0.4, -0.2) is 53.5 Å². The van der Waals surface area contributed by atoms with Crippen molar-refractivity contribution in [1.82, 2.24) is 14.4 Å². The summed E-state index contributed by atoms with van der Waals surface area (Å²) in [5.41, 5.74) is 1.28. The van der Waals surface area contributed by atoms with Gasteiger partial charge >= 0.3 is 0 Å². The van der Waals surface area contributed by atoms with Crippen molar-refractivity contribution in [1.29, 1.82) is 0 Å². The average Bonchev–Trinajstić information content (AvgIpc) is 2.50. The lowest BCUT2D eigenvalue weighted by molar-refractivity contribution is -0.0872. The number of aromatic nitrogens is 1. The van der Waals surface area contributed by atoms with Crippen LogP contribution in [0.25, 0.3) is 5.69 Å². The summed E-state index contributed by atoms with van der Waals surface area (Å²) in [6.45, 7) is 5.20. The van der Waals surface area contributed by atoms with Crippen molar-refractivity contribution in [2.24, 2.45) is 5.41 Å². The highest BCUT2D eigenvalue weighted by Crippen LogP contribution is 2.39. The molecule has 0 aliphatic carbocycles. The number of hydrogen-bond donors (Lipinski definition) is 0. The Morgan fingerprint density at radius 3 is 2.32 bits per heavy atom. The van der Waals surface area contributed by atoms with E-state index >= 15 is 0 Å². The fraction of sp³-hybridized carbons (Fsp3) is 0.368. The lowest BCUT2D eigenvalue weighted by atomic mass is 9.73. The van der Waals surface area contributed by atoms with Gasteiger partial charge in [0.1, 0.15) is 11.4 Å². The predicted octanol–water partition coefficient (Wildman–Crippen LogP) is 1.67. The summed E-state index contributed by atoms with van der Waals surface area (Å²) in [7, 11) is 2.07. The molecule has 2 aliphatic heterocycles. The van der Waals surface area contributed by atoms with Gasteiger partial charge in [0, 0.05) is 43.5 Å². The zero-order valence-corrected chi connectivity index (χ0v) is 14.3. The molecule has 0 saturated carbocycles. The van der Waals surface area contributed by atoms with E-state index in [2.05, 4.69) is 11.9 Å². The van der Waals surface area contributed by atoms with Gasteiger partial charge in [-0.1, -0.05) is 0 Å². The van der Waals surface area contributed by atoms with E-state index in [4.69, 9.17) is 0 Å². The average molecular weight is 341 g/mol. The lowest BCUT2D eigenvalue weighted by Crippen LogP contribution is -2.72. The highest BCUT2D eigenvalue weighted by Gasteiger charge is 2.52. The Balaban J connectivity index is 1.63. The highest BCUT2D eigenvalue weighted by molar-refractivity contribution is 5.96. The first-order chi connectivity index (χ1) is 11.9. The quantitative estimate of drug-likeness (QED) is 0.835. The van der Waals surface area contributed by atoms with Crippen LogP contribution < -0.4 is 5.56 Å². The summed E-state index contributed by atoms with van der Waals surface area (Å²) in [5.74, 6) is -0.573. The Bertz CT molecular complexity index is 890. The monoisotopic (exact) mass is 341 g/mol. The number of hydrogen-bond acceptors (Lipinski definition) is 3. The molecule has 0 radical (unpaired) electrons. The van der Waals surface area contributed by atoms with E-state index in [1.807, 2.05) is 0 Å². The van der Waals surface area contributed by atoms with Crippen LogP contribution in [-0.2, 0) is 0 Å². The summed E-state index contributed by atoms with van der Waals surface area (Å²) in [5, 5.41) is 0. The normalized spacial score (nSPS) is 18.8. The largest absolute Gasteiger partial charge is 0.337 e. The molecule has 2 fully saturated rings. The van der Waals surface area contributed by atoms with Crippen molar-refractivity contribution in [3.05, 3.63) is 63.8 Å². The van der Waals surface area contributed by atoms with Gasteiger partial charge in [0.15, 0.2) is 0 Å². The predicted molar refractivity (Wildman–Crippen MR) is 92.6 cm³/mol. The first-order valence-electron chi connectivity index (χ1n) is 8.35. The Morgan fingerprint density at radius 2 is 1.72 bits per heavy atom. The maximum Gasteiger partial charge on any atom is 0.268 e. The van der Waals surface area contributed by atoms with Crippen molar-refractivity contribution in [3.8, 4) is 5.69 Å². The fourth-order valence-corrected chi connectivity index (χ4v) is 4.06. The number of nitrogens with zero attached hydrogens (tertiary/aromatic N) is 3. The van der Waals surface area contributed by atoms with Crippen LogP contribution in [0.3, 0.4) is 0 Å². The Kier molecular flexibility index (Phi) is 3.54. The maximum atomic E-state index is 13.1. The number of halogens is 1. The molecule has 0 unspecified atom stereocenters. The van der Waals surface area contributed by atoms with Gasteiger partial charge in [-0.15, -0.1) is 0 Å². The molecule has 2 saturated heterocycles. The molecule has 4 rings (SSSR count). The molecule has 6 heteroatoms. The van der Waals surface area contributed by atoms with E-state index < -0.39 is 0 Å². The third kappa shape index (κ3) is 2.57. The van der Waals surface area contributed by atoms with E-state index in [0.29, 0.717) is 24.3 Å². The van der Waals surface area contributed by atoms with Crippen LogP contribution in [0.15, 0.2) is 41.3 Å². The van der Waals surface area contributed by atoms with E-state index in [-0.39, 0.29) is 28.3 Å².